The Labute approximate surface area is 243 Å². The molecule has 9 heteroatoms. The van der Waals surface area contributed by atoms with Crippen molar-refractivity contribution in [2.45, 2.75) is 69.5 Å². The molecule has 214 valence electrons. The van der Waals surface area contributed by atoms with Crippen molar-refractivity contribution in [2.75, 3.05) is 17.1 Å². The lowest BCUT2D eigenvalue weighted by Gasteiger charge is -2.34. The van der Waals surface area contributed by atoms with Crippen LogP contribution in [0.15, 0.2) is 82.6 Å². The zero-order valence-electron chi connectivity index (χ0n) is 24.0. The number of nitrogens with one attached hydrogen (secondary N) is 1. The van der Waals surface area contributed by atoms with Crippen LogP contribution in [0.4, 0.5) is 5.69 Å². The Kier molecular flexibility index (Phi) is 10.8. The zero-order chi connectivity index (χ0) is 29.4. The molecule has 0 aliphatic heterocycles. The lowest BCUT2D eigenvalue weighted by atomic mass is 10.1. The van der Waals surface area contributed by atoms with Gasteiger partial charge in [-0.05, 0) is 87.9 Å². The second kappa shape index (κ2) is 13.9. The van der Waals surface area contributed by atoms with Gasteiger partial charge < -0.3 is 10.2 Å². The highest BCUT2D eigenvalue weighted by molar-refractivity contribution is 7.98. The number of aryl methyl sites for hydroxylation is 2. The number of rotatable bonds is 12. The number of nitrogens with zero attached hydrogens (tertiary/aromatic N) is 2. The number of benzene rings is 3. The van der Waals surface area contributed by atoms with Gasteiger partial charge in [-0.3, -0.25) is 13.9 Å². The first-order valence-corrected chi connectivity index (χ1v) is 16.0. The van der Waals surface area contributed by atoms with Crippen molar-refractivity contribution in [2.24, 2.45) is 0 Å². The Morgan fingerprint density at radius 3 is 2.10 bits per heavy atom. The van der Waals surface area contributed by atoms with Gasteiger partial charge in [0.15, 0.2) is 0 Å². The number of hydrogen-bond acceptors (Lipinski definition) is 5. The van der Waals surface area contributed by atoms with Gasteiger partial charge in [0.1, 0.15) is 12.6 Å². The normalized spacial score (nSPS) is 12.2. The van der Waals surface area contributed by atoms with E-state index in [1.165, 1.54) is 16.7 Å². The summed E-state index contributed by atoms with van der Waals surface area (Å²) in [5.74, 6) is -0.726. The fourth-order valence-electron chi connectivity index (χ4n) is 4.39. The Morgan fingerprint density at radius 1 is 0.925 bits per heavy atom. The second-order valence-electron chi connectivity index (χ2n) is 10.1. The molecule has 0 fully saturated rings. The molecule has 0 unspecified atom stereocenters. The van der Waals surface area contributed by atoms with Crippen LogP contribution in [0.2, 0.25) is 0 Å². The first-order valence-electron chi connectivity index (χ1n) is 13.4. The van der Waals surface area contributed by atoms with Gasteiger partial charge in [0.2, 0.25) is 11.8 Å². The number of hydrogen-bond donors (Lipinski definition) is 1. The summed E-state index contributed by atoms with van der Waals surface area (Å²) in [5, 5.41) is 2.92. The van der Waals surface area contributed by atoms with Gasteiger partial charge in [0, 0.05) is 17.5 Å². The van der Waals surface area contributed by atoms with Gasteiger partial charge in [0.25, 0.3) is 10.0 Å². The molecule has 3 rings (SSSR count). The van der Waals surface area contributed by atoms with Gasteiger partial charge >= 0.3 is 0 Å². The third kappa shape index (κ3) is 7.67. The number of thioether (sulfide) groups is 1. The standard InChI is InChI=1S/C31H39N3O4S2/c1-7-29(31(36)32-22(2)3)33(20-25-11-9-8-10-24(25)5)30(35)21-34(26-14-12-23(4)13-15-26)40(37,38)28-18-16-27(39-6)17-19-28/h8-19,22,29H,7,20-21H2,1-6H3,(H,32,36)/t29-/m0/s1. The molecule has 3 aromatic carbocycles. The highest BCUT2D eigenvalue weighted by atomic mass is 32.2. The molecule has 3 aromatic rings. The minimum atomic E-state index is -4.10. The highest BCUT2D eigenvalue weighted by Gasteiger charge is 2.34. The predicted molar refractivity (Wildman–Crippen MR) is 163 cm³/mol. The van der Waals surface area contributed by atoms with Crippen molar-refractivity contribution in [3.8, 4) is 0 Å². The van der Waals surface area contributed by atoms with Crippen molar-refractivity contribution >= 4 is 39.3 Å². The fourth-order valence-corrected chi connectivity index (χ4v) is 6.21. The Hall–Kier alpha value is -3.30. The van der Waals surface area contributed by atoms with E-state index in [0.717, 1.165) is 25.9 Å². The Bertz CT molecular complexity index is 1410. The number of anilines is 1. The first kappa shape index (κ1) is 31.2. The lowest BCUT2D eigenvalue weighted by molar-refractivity contribution is -0.140. The summed E-state index contributed by atoms with van der Waals surface area (Å²) in [6.45, 7) is 9.18. The molecular formula is C31H39N3O4S2. The summed E-state index contributed by atoms with van der Waals surface area (Å²) >= 11 is 1.52. The Balaban J connectivity index is 2.07. The van der Waals surface area contributed by atoms with Gasteiger partial charge in [-0.15, -0.1) is 11.8 Å². The number of carbonyl (C=O) groups excluding carboxylic acids is 2. The topological polar surface area (TPSA) is 86.8 Å². The van der Waals surface area contributed by atoms with Crippen molar-refractivity contribution in [3.05, 3.63) is 89.5 Å². The average Bonchev–Trinajstić information content (AvgIpc) is 2.92. The van der Waals surface area contributed by atoms with Crippen LogP contribution in [-0.4, -0.2) is 50.0 Å². The van der Waals surface area contributed by atoms with E-state index < -0.39 is 28.5 Å². The quantitative estimate of drug-likeness (QED) is 0.283. The van der Waals surface area contributed by atoms with Gasteiger partial charge in [0.05, 0.1) is 10.6 Å². The number of amides is 2. The lowest BCUT2D eigenvalue weighted by Crippen LogP contribution is -2.53. The summed E-state index contributed by atoms with van der Waals surface area (Å²) in [5.41, 5.74) is 3.22. The van der Waals surface area contributed by atoms with Gasteiger partial charge in [-0.1, -0.05) is 48.9 Å². The van der Waals surface area contributed by atoms with Crippen molar-refractivity contribution in [1.82, 2.24) is 10.2 Å². The van der Waals surface area contributed by atoms with Crippen LogP contribution in [-0.2, 0) is 26.2 Å². The molecule has 0 heterocycles. The molecule has 0 aliphatic rings. The highest BCUT2D eigenvalue weighted by Crippen LogP contribution is 2.27. The monoisotopic (exact) mass is 581 g/mol. The molecule has 0 saturated carbocycles. The summed E-state index contributed by atoms with van der Waals surface area (Å²) in [6.07, 6.45) is 2.30. The van der Waals surface area contributed by atoms with Crippen LogP contribution in [0.3, 0.4) is 0 Å². The SMILES string of the molecule is CC[C@@H](C(=O)NC(C)C)N(Cc1ccccc1C)C(=O)CN(c1ccc(C)cc1)S(=O)(=O)c1ccc(SC)cc1. The average molecular weight is 582 g/mol. The summed E-state index contributed by atoms with van der Waals surface area (Å²) in [7, 11) is -4.10. The van der Waals surface area contributed by atoms with Crippen molar-refractivity contribution in [1.29, 1.82) is 0 Å². The maximum atomic E-state index is 14.1. The van der Waals surface area contributed by atoms with Crippen molar-refractivity contribution in [3.63, 3.8) is 0 Å². The fraction of sp³-hybridized carbons (Fsp3) is 0.355. The minimum absolute atomic E-state index is 0.0914. The number of sulfonamides is 1. The third-order valence-corrected chi connectivity index (χ3v) is 9.20. The summed E-state index contributed by atoms with van der Waals surface area (Å²) in [4.78, 5) is 29.9. The third-order valence-electron chi connectivity index (χ3n) is 6.67. The molecule has 0 bridgehead atoms. The zero-order valence-corrected chi connectivity index (χ0v) is 25.7. The smallest absolute Gasteiger partial charge is 0.264 e. The van der Waals surface area contributed by atoms with Crippen LogP contribution in [0.5, 0.6) is 0 Å². The van der Waals surface area contributed by atoms with E-state index in [2.05, 4.69) is 5.32 Å². The van der Waals surface area contributed by atoms with E-state index in [-0.39, 0.29) is 23.4 Å². The number of carbonyl (C=O) groups is 2. The van der Waals surface area contributed by atoms with Crippen LogP contribution >= 0.6 is 11.8 Å². The Morgan fingerprint density at radius 2 is 1.55 bits per heavy atom. The maximum Gasteiger partial charge on any atom is 0.264 e. The molecule has 1 atom stereocenters. The van der Waals surface area contributed by atoms with Crippen LogP contribution in [0, 0.1) is 13.8 Å². The van der Waals surface area contributed by atoms with Crippen LogP contribution < -0.4 is 9.62 Å². The molecule has 7 nitrogen and oxygen atoms in total. The molecule has 1 N–H and O–H groups in total. The van der Waals surface area contributed by atoms with E-state index >= 15 is 0 Å². The first-order chi connectivity index (χ1) is 19.0. The predicted octanol–water partition coefficient (Wildman–Crippen LogP) is 5.55. The van der Waals surface area contributed by atoms with Gasteiger partial charge in [-0.2, -0.15) is 0 Å². The molecule has 0 aliphatic carbocycles. The van der Waals surface area contributed by atoms with E-state index in [4.69, 9.17) is 0 Å². The van der Waals surface area contributed by atoms with E-state index in [1.807, 2.05) is 77.3 Å². The summed E-state index contributed by atoms with van der Waals surface area (Å²) < 4.78 is 29.1. The minimum Gasteiger partial charge on any atom is -0.352 e. The molecule has 0 spiro atoms. The molecule has 2 amide bonds. The molecule has 0 radical (unpaired) electrons. The van der Waals surface area contributed by atoms with Crippen LogP contribution in [0.1, 0.15) is 43.9 Å². The van der Waals surface area contributed by atoms with Crippen LogP contribution in [0.25, 0.3) is 0 Å². The largest absolute Gasteiger partial charge is 0.352 e. The molecule has 0 aromatic heterocycles. The molecular weight excluding hydrogens is 542 g/mol. The summed E-state index contributed by atoms with van der Waals surface area (Å²) in [6, 6.07) is 20.5. The molecule has 0 saturated heterocycles. The van der Waals surface area contributed by atoms with E-state index in [1.54, 1.807) is 36.4 Å². The van der Waals surface area contributed by atoms with E-state index in [9.17, 15) is 18.0 Å². The van der Waals surface area contributed by atoms with E-state index in [0.29, 0.717) is 12.1 Å². The van der Waals surface area contributed by atoms with Crippen molar-refractivity contribution < 1.29 is 18.0 Å². The molecule has 40 heavy (non-hydrogen) atoms. The maximum absolute atomic E-state index is 14.1. The second-order valence-corrected chi connectivity index (χ2v) is 12.8. The van der Waals surface area contributed by atoms with Gasteiger partial charge in [-0.25, -0.2) is 8.42 Å².